The summed E-state index contributed by atoms with van der Waals surface area (Å²) in [4.78, 5) is 16.2. The molecule has 1 aromatic rings. The highest BCUT2D eigenvalue weighted by Gasteiger charge is 2.17. The number of fused-ring (bicyclic) bond motifs is 3. The van der Waals surface area contributed by atoms with Crippen molar-refractivity contribution in [2.45, 2.75) is 0 Å². The molecule has 0 aromatic heterocycles. The molecule has 0 bridgehead atoms. The van der Waals surface area contributed by atoms with E-state index in [0.29, 0.717) is 5.69 Å². The van der Waals surface area contributed by atoms with E-state index in [1.165, 1.54) is 7.11 Å². The second-order valence-corrected chi connectivity index (χ2v) is 4.19. The van der Waals surface area contributed by atoms with Crippen LogP contribution < -0.4 is 0 Å². The van der Waals surface area contributed by atoms with Crippen LogP contribution >= 0.6 is 0 Å². The Morgan fingerprint density at radius 1 is 1.33 bits per heavy atom. The van der Waals surface area contributed by atoms with E-state index in [9.17, 15) is 4.79 Å². The monoisotopic (exact) mass is 240 g/mol. The number of carbonyl (C=O) groups excluding carboxylic acids is 1. The van der Waals surface area contributed by atoms with Gasteiger partial charge < -0.3 is 9.30 Å². The van der Waals surface area contributed by atoms with E-state index >= 15 is 0 Å². The molecule has 4 nitrogen and oxygen atoms in total. The fourth-order valence-electron chi connectivity index (χ4n) is 2.18. The molecule has 0 amide bonds. The topological polar surface area (TPSA) is 44.1 Å². The van der Waals surface area contributed by atoms with E-state index in [2.05, 4.69) is 4.98 Å². The minimum absolute atomic E-state index is 0.343. The zero-order valence-electron chi connectivity index (χ0n) is 10.2. The van der Waals surface area contributed by atoms with Crippen LogP contribution in [0.25, 0.3) is 22.2 Å². The number of esters is 1. The molecule has 4 heteroatoms. The van der Waals surface area contributed by atoms with Gasteiger partial charge in [0.05, 0.1) is 18.3 Å². The van der Waals surface area contributed by atoms with E-state index in [1.807, 2.05) is 43.6 Å². The number of methoxy groups -OCH3 is 1. The average molecular weight is 240 g/mol. The van der Waals surface area contributed by atoms with Gasteiger partial charge in [0.2, 0.25) is 0 Å². The van der Waals surface area contributed by atoms with Gasteiger partial charge in [0.25, 0.3) is 0 Å². The van der Waals surface area contributed by atoms with Crippen molar-refractivity contribution >= 4 is 16.9 Å². The Hall–Kier alpha value is -2.36. The maximum Gasteiger partial charge on any atom is 0.354 e. The highest BCUT2D eigenvalue weighted by Crippen LogP contribution is 2.31. The van der Waals surface area contributed by atoms with Crippen LogP contribution in [0.2, 0.25) is 0 Å². The van der Waals surface area contributed by atoms with Crippen molar-refractivity contribution in [2.75, 3.05) is 7.11 Å². The molecule has 0 spiro atoms. The number of aromatic nitrogens is 2. The highest BCUT2D eigenvalue weighted by atomic mass is 16.5. The smallest absolute Gasteiger partial charge is 0.354 e. The predicted octanol–water partition coefficient (Wildman–Crippen LogP) is 2.46. The third kappa shape index (κ3) is 1.46. The number of nitrogens with zero attached hydrogens (tertiary/aromatic N) is 2. The van der Waals surface area contributed by atoms with Crippen LogP contribution in [0, 0.1) is 0 Å². The summed E-state index contributed by atoms with van der Waals surface area (Å²) in [6.45, 7) is 0. The van der Waals surface area contributed by atoms with Crippen LogP contribution in [0.4, 0.5) is 0 Å². The zero-order chi connectivity index (χ0) is 12.7. The number of carbonyl (C=O) groups is 1. The third-order valence-electron chi connectivity index (χ3n) is 3.08. The lowest BCUT2D eigenvalue weighted by molar-refractivity contribution is 0.0589. The van der Waals surface area contributed by atoms with Gasteiger partial charge in [0, 0.05) is 24.2 Å². The van der Waals surface area contributed by atoms with Crippen molar-refractivity contribution in [2.24, 2.45) is 7.05 Å². The summed E-state index contributed by atoms with van der Waals surface area (Å²) >= 11 is 0. The Bertz CT molecular complexity index is 715. The molecule has 0 radical (unpaired) electrons. The maximum atomic E-state index is 11.7. The third-order valence-corrected chi connectivity index (χ3v) is 3.08. The lowest BCUT2D eigenvalue weighted by Crippen LogP contribution is -2.11. The van der Waals surface area contributed by atoms with Gasteiger partial charge in [-0.1, -0.05) is 18.2 Å². The summed E-state index contributed by atoms with van der Waals surface area (Å²) in [5, 5.41) is 1.05. The Balaban J connectivity index is 2.35. The predicted molar refractivity (Wildman–Crippen MR) is 68.7 cm³/mol. The summed E-state index contributed by atoms with van der Waals surface area (Å²) in [5.41, 5.74) is 3.31. The molecule has 90 valence electrons. The van der Waals surface area contributed by atoms with Crippen molar-refractivity contribution in [3.05, 3.63) is 42.2 Å². The van der Waals surface area contributed by atoms with Gasteiger partial charge >= 0.3 is 5.97 Å². The van der Waals surface area contributed by atoms with Crippen molar-refractivity contribution in [1.82, 2.24) is 9.55 Å². The molecule has 18 heavy (non-hydrogen) atoms. The molecule has 0 N–H and O–H groups in total. The molecule has 0 saturated carbocycles. The summed E-state index contributed by atoms with van der Waals surface area (Å²) in [7, 11) is 3.19. The Labute approximate surface area is 104 Å². The molecule has 1 aromatic carbocycles. The molecule has 2 heterocycles. The first kappa shape index (κ1) is 10.8. The van der Waals surface area contributed by atoms with Gasteiger partial charge in [-0.2, -0.15) is 0 Å². The zero-order valence-corrected chi connectivity index (χ0v) is 10.2. The summed E-state index contributed by atoms with van der Waals surface area (Å²) in [5.74, 6) is -0.343. The van der Waals surface area contributed by atoms with E-state index in [0.717, 1.165) is 22.2 Å². The Morgan fingerprint density at radius 2 is 2.11 bits per heavy atom. The van der Waals surface area contributed by atoms with Gasteiger partial charge in [-0.15, -0.1) is 0 Å². The number of pyridine rings is 1. The van der Waals surface area contributed by atoms with Gasteiger partial charge in [-0.25, -0.2) is 9.78 Å². The summed E-state index contributed by atoms with van der Waals surface area (Å²) in [6, 6.07) is 9.72. The molecule has 0 atom stereocenters. The average Bonchev–Trinajstić information content (AvgIpc) is 2.74. The van der Waals surface area contributed by atoms with E-state index in [-0.39, 0.29) is 5.97 Å². The van der Waals surface area contributed by atoms with Crippen LogP contribution in [-0.4, -0.2) is 22.6 Å². The van der Waals surface area contributed by atoms with Gasteiger partial charge in [-0.3, -0.25) is 0 Å². The van der Waals surface area contributed by atoms with Gasteiger partial charge in [0.1, 0.15) is 5.69 Å². The summed E-state index contributed by atoms with van der Waals surface area (Å²) < 4.78 is 6.51. The largest absolute Gasteiger partial charge is 0.464 e. The van der Waals surface area contributed by atoms with E-state index < -0.39 is 0 Å². The van der Waals surface area contributed by atoms with E-state index in [4.69, 9.17) is 4.74 Å². The molecule has 2 aliphatic rings. The van der Waals surface area contributed by atoms with Crippen LogP contribution in [0.15, 0.2) is 36.5 Å². The number of hydrogen-bond donors (Lipinski definition) is 0. The van der Waals surface area contributed by atoms with E-state index in [1.54, 1.807) is 4.57 Å². The maximum absolute atomic E-state index is 11.7. The molecular formula is C14H12N2O2. The number of aryl methyl sites for hydroxylation is 1. The van der Waals surface area contributed by atoms with Crippen molar-refractivity contribution in [1.29, 1.82) is 0 Å². The van der Waals surface area contributed by atoms with Crippen LogP contribution in [0.3, 0.4) is 0 Å². The SMILES string of the molecule is COC(=O)c1cc2c3ccccc3nc-2cn1C. The Kier molecular flexibility index (Phi) is 2.30. The number of hydrogen-bond acceptors (Lipinski definition) is 3. The number of rotatable bonds is 1. The van der Waals surface area contributed by atoms with Crippen molar-refractivity contribution in [3.63, 3.8) is 0 Å². The minimum atomic E-state index is -0.343. The lowest BCUT2D eigenvalue weighted by atomic mass is 10.1. The van der Waals surface area contributed by atoms with Gasteiger partial charge in [0.15, 0.2) is 0 Å². The van der Waals surface area contributed by atoms with Crippen LogP contribution in [0.5, 0.6) is 0 Å². The minimum Gasteiger partial charge on any atom is -0.464 e. The fraction of sp³-hybridized carbons (Fsp3) is 0.143. The fourth-order valence-corrected chi connectivity index (χ4v) is 2.18. The first-order valence-electron chi connectivity index (χ1n) is 5.64. The number of para-hydroxylation sites is 1. The molecule has 0 fully saturated rings. The molecular weight excluding hydrogens is 228 g/mol. The first-order chi connectivity index (χ1) is 8.70. The highest BCUT2D eigenvalue weighted by molar-refractivity contribution is 5.99. The molecule has 2 aliphatic heterocycles. The number of ether oxygens (including phenoxy) is 1. The van der Waals surface area contributed by atoms with Gasteiger partial charge in [-0.05, 0) is 12.1 Å². The second kappa shape index (κ2) is 3.84. The van der Waals surface area contributed by atoms with Crippen molar-refractivity contribution < 1.29 is 9.53 Å². The van der Waals surface area contributed by atoms with Crippen LogP contribution in [-0.2, 0) is 11.8 Å². The first-order valence-corrected chi connectivity index (χ1v) is 5.64. The normalized spacial score (nSPS) is 11.0. The second-order valence-electron chi connectivity index (χ2n) is 4.19. The summed E-state index contributed by atoms with van der Waals surface area (Å²) in [6.07, 6.45) is 1.85. The molecule has 3 rings (SSSR count). The van der Waals surface area contributed by atoms with Crippen molar-refractivity contribution in [3.8, 4) is 11.3 Å². The molecule has 0 aliphatic carbocycles. The standard InChI is InChI=1S/C14H12N2O2/c1-16-8-12-10(7-13(16)14(17)18-2)9-5-3-4-6-11(9)15-12/h3-8H,1-2H3. The van der Waals surface area contributed by atoms with Crippen LogP contribution in [0.1, 0.15) is 10.5 Å². The quantitative estimate of drug-likeness (QED) is 0.614. The Morgan fingerprint density at radius 3 is 2.89 bits per heavy atom. The molecule has 0 saturated heterocycles. The lowest BCUT2D eigenvalue weighted by Gasteiger charge is -2.09. The number of benzene rings is 1. The molecule has 0 unspecified atom stereocenters.